The lowest BCUT2D eigenvalue weighted by atomic mass is 9.93. The van der Waals surface area contributed by atoms with E-state index < -0.39 is 0 Å². The fourth-order valence-corrected chi connectivity index (χ4v) is 3.77. The predicted molar refractivity (Wildman–Crippen MR) is 92.2 cm³/mol. The summed E-state index contributed by atoms with van der Waals surface area (Å²) in [6.07, 6.45) is 7.52. The van der Waals surface area contributed by atoms with Crippen molar-refractivity contribution < 1.29 is 4.79 Å². The van der Waals surface area contributed by atoms with Crippen LogP contribution in [0.2, 0.25) is 0 Å². The van der Waals surface area contributed by atoms with E-state index in [0.29, 0.717) is 0 Å². The van der Waals surface area contributed by atoms with Gasteiger partial charge in [-0.2, -0.15) is 0 Å². The van der Waals surface area contributed by atoms with Crippen LogP contribution in [-0.2, 0) is 4.79 Å². The first kappa shape index (κ1) is 15.0. The van der Waals surface area contributed by atoms with Gasteiger partial charge in [0.05, 0.1) is 5.92 Å². The Morgan fingerprint density at radius 2 is 1.82 bits per heavy atom. The molecule has 2 nitrogen and oxygen atoms in total. The Morgan fingerprint density at radius 3 is 2.50 bits per heavy atom. The third-order valence-electron chi connectivity index (χ3n) is 4.09. The SMILES string of the molecule is O=C(C=CN1CCCCC1)C(c1ccccc1)c1cccs1. The average molecular weight is 311 g/mol. The standard InChI is InChI=1S/C19H21NOS/c21-17(11-14-20-12-5-2-6-13-20)19(18-10-7-15-22-18)16-8-3-1-4-9-16/h1,3-4,7-11,14-15,19H,2,5-6,12-13H2. The second-order valence-corrected chi connectivity index (χ2v) is 6.65. The highest BCUT2D eigenvalue weighted by Gasteiger charge is 2.21. The van der Waals surface area contributed by atoms with Gasteiger partial charge in [0.1, 0.15) is 0 Å². The number of nitrogens with zero attached hydrogens (tertiary/aromatic N) is 1. The highest BCUT2D eigenvalue weighted by Crippen LogP contribution is 2.29. The zero-order chi connectivity index (χ0) is 15.2. The maximum atomic E-state index is 12.8. The normalized spacial score (nSPS) is 16.8. The Bertz CT molecular complexity index is 612. The summed E-state index contributed by atoms with van der Waals surface area (Å²) in [5.74, 6) is -0.0125. The van der Waals surface area contributed by atoms with Crippen LogP contribution in [0.1, 0.15) is 35.6 Å². The van der Waals surface area contributed by atoms with Crippen LogP contribution >= 0.6 is 11.3 Å². The van der Waals surface area contributed by atoms with E-state index in [1.807, 2.05) is 48.0 Å². The molecule has 2 heterocycles. The molecular formula is C19H21NOS. The molecule has 1 unspecified atom stereocenters. The van der Waals surface area contributed by atoms with Crippen LogP contribution in [0, 0.1) is 0 Å². The van der Waals surface area contributed by atoms with E-state index in [1.165, 1.54) is 19.3 Å². The molecule has 1 aromatic heterocycles. The zero-order valence-corrected chi connectivity index (χ0v) is 13.5. The fourth-order valence-electron chi connectivity index (χ4n) is 2.91. The Balaban J connectivity index is 1.80. The molecule has 0 bridgehead atoms. The molecule has 3 heteroatoms. The topological polar surface area (TPSA) is 20.3 Å². The summed E-state index contributed by atoms with van der Waals surface area (Å²) in [5, 5.41) is 2.03. The van der Waals surface area contributed by atoms with Gasteiger partial charge in [-0.1, -0.05) is 36.4 Å². The van der Waals surface area contributed by atoms with Crippen molar-refractivity contribution >= 4 is 17.1 Å². The lowest BCUT2D eigenvalue weighted by molar-refractivity contribution is -0.115. The van der Waals surface area contributed by atoms with Crippen LogP contribution < -0.4 is 0 Å². The van der Waals surface area contributed by atoms with E-state index in [4.69, 9.17) is 0 Å². The van der Waals surface area contributed by atoms with E-state index in [1.54, 1.807) is 17.4 Å². The van der Waals surface area contributed by atoms with Gasteiger partial charge >= 0.3 is 0 Å². The number of rotatable bonds is 5. The molecule has 0 radical (unpaired) electrons. The molecule has 1 saturated heterocycles. The molecule has 1 aliphatic heterocycles. The summed E-state index contributed by atoms with van der Waals surface area (Å²) in [6, 6.07) is 14.1. The van der Waals surface area contributed by atoms with Crippen molar-refractivity contribution in [2.75, 3.05) is 13.1 Å². The minimum atomic E-state index is -0.178. The largest absolute Gasteiger partial charge is 0.377 e. The number of likely N-dealkylation sites (tertiary alicyclic amines) is 1. The van der Waals surface area contributed by atoms with Gasteiger partial charge in [-0.15, -0.1) is 11.3 Å². The number of carbonyl (C=O) groups is 1. The summed E-state index contributed by atoms with van der Waals surface area (Å²) in [7, 11) is 0. The second kappa shape index (κ2) is 7.41. The van der Waals surface area contributed by atoms with Crippen molar-refractivity contribution in [3.63, 3.8) is 0 Å². The Labute approximate surface area is 136 Å². The molecule has 1 aromatic carbocycles. The molecule has 2 aromatic rings. The minimum absolute atomic E-state index is 0.166. The van der Waals surface area contributed by atoms with E-state index in [9.17, 15) is 4.79 Å². The van der Waals surface area contributed by atoms with Crippen molar-refractivity contribution in [1.82, 2.24) is 4.90 Å². The molecule has 114 valence electrons. The van der Waals surface area contributed by atoms with E-state index in [0.717, 1.165) is 23.5 Å². The number of thiophene rings is 1. The van der Waals surface area contributed by atoms with Crippen molar-refractivity contribution in [3.05, 3.63) is 70.6 Å². The average Bonchev–Trinajstić information content (AvgIpc) is 3.09. The molecule has 1 aliphatic rings. The summed E-state index contributed by atoms with van der Waals surface area (Å²) < 4.78 is 0. The minimum Gasteiger partial charge on any atom is -0.377 e. The number of benzene rings is 1. The van der Waals surface area contributed by atoms with E-state index in [-0.39, 0.29) is 11.7 Å². The number of hydrogen-bond acceptors (Lipinski definition) is 3. The highest BCUT2D eigenvalue weighted by atomic mass is 32.1. The molecule has 0 amide bonds. The maximum absolute atomic E-state index is 12.8. The number of piperidine rings is 1. The predicted octanol–water partition coefficient (Wildman–Crippen LogP) is 4.45. The highest BCUT2D eigenvalue weighted by molar-refractivity contribution is 7.10. The lowest BCUT2D eigenvalue weighted by Crippen LogP contribution is -2.24. The zero-order valence-electron chi connectivity index (χ0n) is 12.7. The maximum Gasteiger partial charge on any atom is 0.169 e. The van der Waals surface area contributed by atoms with Crippen molar-refractivity contribution in [2.45, 2.75) is 25.2 Å². The van der Waals surface area contributed by atoms with Gasteiger partial charge in [-0.25, -0.2) is 0 Å². The number of allylic oxidation sites excluding steroid dienone is 1. The van der Waals surface area contributed by atoms with Gasteiger partial charge in [0.2, 0.25) is 0 Å². The van der Waals surface area contributed by atoms with Gasteiger partial charge in [0.15, 0.2) is 5.78 Å². The molecule has 1 fully saturated rings. The number of hydrogen-bond donors (Lipinski definition) is 0. The first-order valence-electron chi connectivity index (χ1n) is 7.89. The molecule has 3 rings (SSSR count). The summed E-state index contributed by atoms with van der Waals surface area (Å²) in [4.78, 5) is 16.2. The van der Waals surface area contributed by atoms with Crippen LogP contribution in [0.15, 0.2) is 60.1 Å². The summed E-state index contributed by atoms with van der Waals surface area (Å²) >= 11 is 1.65. The molecule has 22 heavy (non-hydrogen) atoms. The number of ketones is 1. The van der Waals surface area contributed by atoms with Crippen molar-refractivity contribution in [2.24, 2.45) is 0 Å². The van der Waals surface area contributed by atoms with Gasteiger partial charge in [0.25, 0.3) is 0 Å². The third kappa shape index (κ3) is 3.66. The van der Waals surface area contributed by atoms with Crippen LogP contribution in [0.25, 0.3) is 0 Å². The smallest absolute Gasteiger partial charge is 0.169 e. The van der Waals surface area contributed by atoms with Gasteiger partial charge in [-0.3, -0.25) is 4.79 Å². The molecule has 1 atom stereocenters. The van der Waals surface area contributed by atoms with Gasteiger partial charge in [-0.05, 0) is 42.3 Å². The second-order valence-electron chi connectivity index (χ2n) is 5.67. The molecule has 0 N–H and O–H groups in total. The van der Waals surface area contributed by atoms with Crippen LogP contribution in [0.5, 0.6) is 0 Å². The first-order chi connectivity index (χ1) is 10.8. The van der Waals surface area contributed by atoms with E-state index >= 15 is 0 Å². The van der Waals surface area contributed by atoms with Crippen LogP contribution in [0.3, 0.4) is 0 Å². The summed E-state index contributed by atoms with van der Waals surface area (Å²) in [6.45, 7) is 2.14. The van der Waals surface area contributed by atoms with Crippen LogP contribution in [0.4, 0.5) is 0 Å². The quantitative estimate of drug-likeness (QED) is 0.760. The monoisotopic (exact) mass is 311 g/mol. The molecule has 0 saturated carbocycles. The van der Waals surface area contributed by atoms with Crippen molar-refractivity contribution in [3.8, 4) is 0 Å². The lowest BCUT2D eigenvalue weighted by Gasteiger charge is -2.24. The molecule has 0 spiro atoms. The molecule has 0 aliphatic carbocycles. The Hall–Kier alpha value is -1.87. The van der Waals surface area contributed by atoms with Crippen LogP contribution in [-0.4, -0.2) is 23.8 Å². The Kier molecular flexibility index (Phi) is 5.07. The fraction of sp³-hybridized carbons (Fsp3) is 0.316. The third-order valence-corrected chi connectivity index (χ3v) is 5.02. The first-order valence-corrected chi connectivity index (χ1v) is 8.77. The Morgan fingerprint density at radius 1 is 1.05 bits per heavy atom. The van der Waals surface area contributed by atoms with Gasteiger partial charge < -0.3 is 4.90 Å². The molecular weight excluding hydrogens is 290 g/mol. The van der Waals surface area contributed by atoms with Crippen molar-refractivity contribution in [1.29, 1.82) is 0 Å². The number of carbonyl (C=O) groups excluding carboxylic acids is 1. The summed E-state index contributed by atoms with van der Waals surface area (Å²) in [5.41, 5.74) is 1.07. The van der Waals surface area contributed by atoms with E-state index in [2.05, 4.69) is 11.0 Å². The van der Waals surface area contributed by atoms with Gasteiger partial charge in [0, 0.05) is 24.2 Å².